The first kappa shape index (κ1) is 20.2. The van der Waals surface area contributed by atoms with Crippen LogP contribution in [0, 0.1) is 5.92 Å². The molecule has 1 aromatic heterocycles. The zero-order valence-corrected chi connectivity index (χ0v) is 16.7. The van der Waals surface area contributed by atoms with Crippen molar-refractivity contribution >= 4 is 11.3 Å². The highest BCUT2D eigenvalue weighted by Crippen LogP contribution is 2.42. The zero-order chi connectivity index (χ0) is 18.2. The fraction of sp³-hybridized carbons (Fsp3) is 0.800. The van der Waals surface area contributed by atoms with E-state index in [9.17, 15) is 0 Å². The Morgan fingerprint density at radius 2 is 2.12 bits per heavy atom. The molecule has 148 valence electrons. The van der Waals surface area contributed by atoms with E-state index in [4.69, 9.17) is 24.7 Å². The minimum Gasteiger partial charge on any atom is -0.359 e. The fourth-order valence-electron chi connectivity index (χ4n) is 4.00. The maximum absolute atomic E-state index is 6.90. The molecule has 1 aliphatic carbocycles. The van der Waals surface area contributed by atoms with Gasteiger partial charge in [0.15, 0.2) is 6.29 Å². The van der Waals surface area contributed by atoms with Crippen LogP contribution in [0.1, 0.15) is 54.7 Å². The monoisotopic (exact) mass is 383 g/mol. The molecule has 0 spiro atoms. The second-order valence-electron chi connectivity index (χ2n) is 7.44. The fourth-order valence-corrected chi connectivity index (χ4v) is 5.19. The molecule has 2 fully saturated rings. The lowest BCUT2D eigenvalue weighted by molar-refractivity contribution is -0.161. The Labute approximate surface area is 161 Å². The van der Waals surface area contributed by atoms with E-state index in [1.165, 1.54) is 29.0 Å². The van der Waals surface area contributed by atoms with Gasteiger partial charge in [-0.1, -0.05) is 12.8 Å². The van der Waals surface area contributed by atoms with E-state index in [0.717, 1.165) is 38.7 Å². The lowest BCUT2D eigenvalue weighted by Crippen LogP contribution is -2.47. The van der Waals surface area contributed by atoms with E-state index in [-0.39, 0.29) is 11.8 Å². The maximum atomic E-state index is 6.90. The summed E-state index contributed by atoms with van der Waals surface area (Å²) in [4.78, 5) is 2.62. The van der Waals surface area contributed by atoms with E-state index in [1.54, 1.807) is 7.11 Å². The highest BCUT2D eigenvalue weighted by molar-refractivity contribution is 7.12. The second kappa shape index (κ2) is 10.2. The van der Waals surface area contributed by atoms with Gasteiger partial charge >= 0.3 is 0 Å². The van der Waals surface area contributed by atoms with E-state index < -0.39 is 0 Å². The van der Waals surface area contributed by atoms with E-state index >= 15 is 0 Å². The van der Waals surface area contributed by atoms with Crippen LogP contribution in [0.5, 0.6) is 0 Å². The first-order valence-electron chi connectivity index (χ1n) is 9.90. The SMILES string of the molecule is COCOC[C@@H]1CCCC[C@]1(N)c1ccc(CCOC2CCCCO2)s1. The third-order valence-corrected chi connectivity index (χ3v) is 6.89. The minimum absolute atomic E-state index is 0.00954. The lowest BCUT2D eigenvalue weighted by Gasteiger charge is -2.40. The summed E-state index contributed by atoms with van der Waals surface area (Å²) in [7, 11) is 1.66. The van der Waals surface area contributed by atoms with Crippen LogP contribution in [0.4, 0.5) is 0 Å². The Hall–Kier alpha value is -0.500. The Morgan fingerprint density at radius 1 is 1.23 bits per heavy atom. The highest BCUT2D eigenvalue weighted by atomic mass is 32.1. The molecular weight excluding hydrogens is 350 g/mol. The van der Waals surface area contributed by atoms with Gasteiger partial charge in [-0.05, 0) is 44.2 Å². The number of thiophene rings is 1. The number of hydrogen-bond acceptors (Lipinski definition) is 6. The van der Waals surface area contributed by atoms with Crippen molar-refractivity contribution in [2.75, 3.05) is 33.7 Å². The molecule has 0 radical (unpaired) electrons. The first-order valence-corrected chi connectivity index (χ1v) is 10.7. The average molecular weight is 384 g/mol. The van der Waals surface area contributed by atoms with Gasteiger partial charge in [0, 0.05) is 35.8 Å². The van der Waals surface area contributed by atoms with Gasteiger partial charge in [0.2, 0.25) is 0 Å². The van der Waals surface area contributed by atoms with Crippen molar-refractivity contribution in [2.24, 2.45) is 11.7 Å². The molecule has 0 amide bonds. The van der Waals surface area contributed by atoms with Crippen molar-refractivity contribution in [3.63, 3.8) is 0 Å². The standard InChI is InChI=1S/C20H33NO4S/c1-22-15-23-14-16-6-2-4-11-20(16,21)18-9-8-17(26-18)10-13-25-19-7-3-5-12-24-19/h8-9,16,19H,2-7,10-15,21H2,1H3/t16-,19?,20+/m0/s1. The molecule has 5 nitrogen and oxygen atoms in total. The van der Waals surface area contributed by atoms with Gasteiger partial charge in [-0.2, -0.15) is 0 Å². The number of hydrogen-bond donors (Lipinski definition) is 1. The van der Waals surface area contributed by atoms with Crippen molar-refractivity contribution in [3.8, 4) is 0 Å². The van der Waals surface area contributed by atoms with Gasteiger partial charge in [-0.25, -0.2) is 0 Å². The van der Waals surface area contributed by atoms with Crippen LogP contribution in [0.25, 0.3) is 0 Å². The summed E-state index contributed by atoms with van der Waals surface area (Å²) in [5.41, 5.74) is 6.63. The average Bonchev–Trinajstić information content (AvgIpc) is 3.14. The van der Waals surface area contributed by atoms with Gasteiger partial charge in [0.1, 0.15) is 6.79 Å². The molecule has 0 bridgehead atoms. The zero-order valence-electron chi connectivity index (χ0n) is 15.9. The predicted molar refractivity (Wildman–Crippen MR) is 103 cm³/mol. The van der Waals surface area contributed by atoms with Crippen LogP contribution in [-0.2, 0) is 30.9 Å². The molecule has 1 aromatic rings. The van der Waals surface area contributed by atoms with Gasteiger partial charge in [-0.3, -0.25) is 0 Å². The molecule has 3 atom stereocenters. The third kappa shape index (κ3) is 5.27. The molecular formula is C20H33NO4S. The molecule has 1 saturated carbocycles. The maximum Gasteiger partial charge on any atom is 0.157 e. The molecule has 26 heavy (non-hydrogen) atoms. The first-order chi connectivity index (χ1) is 12.7. The summed E-state index contributed by atoms with van der Waals surface area (Å²) in [6.45, 7) is 2.54. The summed E-state index contributed by atoms with van der Waals surface area (Å²) in [5, 5.41) is 0. The molecule has 0 aromatic carbocycles. The Kier molecular flexibility index (Phi) is 7.91. The molecule has 2 heterocycles. The van der Waals surface area contributed by atoms with Gasteiger partial charge in [0.05, 0.1) is 18.8 Å². The van der Waals surface area contributed by atoms with E-state index in [1.807, 2.05) is 11.3 Å². The van der Waals surface area contributed by atoms with E-state index in [0.29, 0.717) is 25.9 Å². The molecule has 2 N–H and O–H groups in total. The van der Waals surface area contributed by atoms with Gasteiger partial charge in [-0.15, -0.1) is 11.3 Å². The smallest absolute Gasteiger partial charge is 0.157 e. The second-order valence-corrected chi connectivity index (χ2v) is 8.61. The molecule has 1 unspecified atom stereocenters. The summed E-state index contributed by atoms with van der Waals surface area (Å²) >= 11 is 1.84. The highest BCUT2D eigenvalue weighted by Gasteiger charge is 2.39. The normalized spacial score (nSPS) is 29.8. The summed E-state index contributed by atoms with van der Waals surface area (Å²) in [6.07, 6.45) is 8.86. The quantitative estimate of drug-likeness (QED) is 0.519. The van der Waals surface area contributed by atoms with Crippen LogP contribution < -0.4 is 5.73 Å². The van der Waals surface area contributed by atoms with Crippen LogP contribution in [0.3, 0.4) is 0 Å². The topological polar surface area (TPSA) is 62.9 Å². The largest absolute Gasteiger partial charge is 0.359 e. The van der Waals surface area contributed by atoms with Crippen molar-refractivity contribution in [2.45, 2.75) is 63.2 Å². The predicted octanol–water partition coefficient (Wildman–Crippen LogP) is 3.80. The van der Waals surface area contributed by atoms with Crippen molar-refractivity contribution < 1.29 is 18.9 Å². The third-order valence-electron chi connectivity index (χ3n) is 5.55. The number of rotatable bonds is 9. The van der Waals surface area contributed by atoms with Crippen molar-refractivity contribution in [1.82, 2.24) is 0 Å². The Balaban J connectivity index is 1.54. The molecule has 1 saturated heterocycles. The summed E-state index contributed by atoms with van der Waals surface area (Å²) in [6, 6.07) is 4.42. The summed E-state index contributed by atoms with van der Waals surface area (Å²) < 4.78 is 22.2. The van der Waals surface area contributed by atoms with Crippen LogP contribution in [-0.4, -0.2) is 40.0 Å². The molecule has 2 aliphatic rings. The Morgan fingerprint density at radius 3 is 2.92 bits per heavy atom. The number of methoxy groups -OCH3 is 1. The van der Waals surface area contributed by atoms with E-state index in [2.05, 4.69) is 12.1 Å². The molecule has 3 rings (SSSR count). The van der Waals surface area contributed by atoms with Crippen molar-refractivity contribution in [1.29, 1.82) is 0 Å². The van der Waals surface area contributed by atoms with Gasteiger partial charge < -0.3 is 24.7 Å². The number of ether oxygens (including phenoxy) is 4. The van der Waals surface area contributed by atoms with Crippen LogP contribution >= 0.6 is 11.3 Å². The van der Waals surface area contributed by atoms with Crippen molar-refractivity contribution in [3.05, 3.63) is 21.9 Å². The van der Waals surface area contributed by atoms with Crippen LogP contribution in [0.2, 0.25) is 0 Å². The number of nitrogens with two attached hydrogens (primary N) is 1. The molecule has 1 aliphatic heterocycles. The van der Waals surface area contributed by atoms with Crippen LogP contribution in [0.15, 0.2) is 12.1 Å². The lowest BCUT2D eigenvalue weighted by atomic mass is 9.73. The van der Waals surface area contributed by atoms with Gasteiger partial charge in [0.25, 0.3) is 0 Å². The summed E-state index contributed by atoms with van der Waals surface area (Å²) in [5.74, 6) is 0.352. The molecule has 6 heteroatoms. The Bertz CT molecular complexity index is 532. The minimum atomic E-state index is -0.276.